The standard InChI is InChI=1S/C18H22FNO/c1-17(2)14-4-5-18(17,3)16(9-14)21-11-13-6-12(10-20)7-15(19)8-13/h6-8,14,16H,4-5,9,11H2,1-3H3. The van der Waals surface area contributed by atoms with E-state index in [4.69, 9.17) is 10.00 Å². The zero-order chi connectivity index (χ0) is 15.3. The molecular weight excluding hydrogens is 265 g/mol. The number of halogens is 1. The van der Waals surface area contributed by atoms with Crippen LogP contribution in [-0.4, -0.2) is 6.10 Å². The minimum atomic E-state index is -0.368. The van der Waals surface area contributed by atoms with E-state index < -0.39 is 0 Å². The van der Waals surface area contributed by atoms with Crippen LogP contribution < -0.4 is 0 Å². The molecule has 2 aliphatic carbocycles. The molecule has 0 aromatic heterocycles. The van der Waals surface area contributed by atoms with Crippen LogP contribution in [0.1, 0.15) is 51.2 Å². The van der Waals surface area contributed by atoms with Gasteiger partial charge in [-0.2, -0.15) is 5.26 Å². The summed E-state index contributed by atoms with van der Waals surface area (Å²) < 4.78 is 19.6. The van der Waals surface area contributed by atoms with E-state index in [2.05, 4.69) is 20.8 Å². The minimum absolute atomic E-state index is 0.211. The predicted molar refractivity (Wildman–Crippen MR) is 78.9 cm³/mol. The Morgan fingerprint density at radius 2 is 2.10 bits per heavy atom. The van der Waals surface area contributed by atoms with Gasteiger partial charge in [-0.25, -0.2) is 4.39 Å². The zero-order valence-corrected chi connectivity index (χ0v) is 12.9. The maximum Gasteiger partial charge on any atom is 0.124 e. The summed E-state index contributed by atoms with van der Waals surface area (Å²) in [5.74, 6) is 0.363. The summed E-state index contributed by atoms with van der Waals surface area (Å²) in [7, 11) is 0. The summed E-state index contributed by atoms with van der Waals surface area (Å²) in [6, 6.07) is 6.42. The second kappa shape index (κ2) is 4.81. The molecule has 0 heterocycles. The number of nitrogens with zero attached hydrogens (tertiary/aromatic N) is 1. The summed E-state index contributed by atoms with van der Waals surface area (Å²) >= 11 is 0. The molecule has 0 radical (unpaired) electrons. The molecule has 2 saturated carbocycles. The first-order chi connectivity index (χ1) is 9.86. The topological polar surface area (TPSA) is 33.0 Å². The first-order valence-electron chi connectivity index (χ1n) is 7.68. The Kier molecular flexibility index (Phi) is 3.33. The lowest BCUT2D eigenvalue weighted by Gasteiger charge is -2.38. The average molecular weight is 287 g/mol. The Balaban J connectivity index is 1.73. The highest BCUT2D eigenvalue weighted by Crippen LogP contribution is 2.66. The van der Waals surface area contributed by atoms with Crippen LogP contribution in [0.15, 0.2) is 18.2 Å². The average Bonchev–Trinajstić information content (AvgIpc) is 2.77. The molecule has 2 bridgehead atoms. The highest BCUT2D eigenvalue weighted by Gasteiger charge is 2.61. The van der Waals surface area contributed by atoms with Crippen LogP contribution in [0, 0.1) is 33.9 Å². The normalized spacial score (nSPS) is 33.1. The molecular formula is C18H22FNO. The molecule has 0 saturated heterocycles. The van der Waals surface area contributed by atoms with Gasteiger partial charge in [-0.1, -0.05) is 20.8 Å². The van der Waals surface area contributed by atoms with Gasteiger partial charge in [0.05, 0.1) is 24.3 Å². The fraction of sp³-hybridized carbons (Fsp3) is 0.611. The molecule has 0 N–H and O–H groups in total. The Labute approximate surface area is 125 Å². The molecule has 0 amide bonds. The summed E-state index contributed by atoms with van der Waals surface area (Å²) in [5, 5.41) is 8.90. The van der Waals surface area contributed by atoms with E-state index >= 15 is 0 Å². The second-order valence-corrected chi connectivity index (χ2v) is 7.37. The lowest BCUT2D eigenvalue weighted by Crippen LogP contribution is -2.37. The van der Waals surface area contributed by atoms with Crippen molar-refractivity contribution >= 4 is 0 Å². The van der Waals surface area contributed by atoms with E-state index in [-0.39, 0.29) is 17.3 Å². The maximum atomic E-state index is 13.5. The Morgan fingerprint density at radius 1 is 1.33 bits per heavy atom. The third-order valence-electron chi connectivity index (χ3n) is 6.25. The number of ether oxygens (including phenoxy) is 1. The van der Waals surface area contributed by atoms with Gasteiger partial charge in [-0.05, 0) is 59.8 Å². The van der Waals surface area contributed by atoms with E-state index in [1.54, 1.807) is 6.07 Å². The van der Waals surface area contributed by atoms with Crippen LogP contribution in [0.4, 0.5) is 4.39 Å². The molecule has 1 aromatic carbocycles. The highest BCUT2D eigenvalue weighted by molar-refractivity contribution is 5.33. The van der Waals surface area contributed by atoms with Crippen LogP contribution in [0.2, 0.25) is 0 Å². The van der Waals surface area contributed by atoms with Crippen molar-refractivity contribution < 1.29 is 9.13 Å². The van der Waals surface area contributed by atoms with Crippen molar-refractivity contribution in [2.45, 2.75) is 52.7 Å². The third-order valence-corrected chi connectivity index (χ3v) is 6.25. The van der Waals surface area contributed by atoms with Gasteiger partial charge in [0.15, 0.2) is 0 Å². The molecule has 0 spiro atoms. The van der Waals surface area contributed by atoms with E-state index in [9.17, 15) is 4.39 Å². The van der Waals surface area contributed by atoms with Crippen LogP contribution in [-0.2, 0) is 11.3 Å². The SMILES string of the molecule is CC1(C)C2CCC1(C)C(OCc1cc(F)cc(C#N)c1)C2. The smallest absolute Gasteiger partial charge is 0.124 e. The van der Waals surface area contributed by atoms with E-state index in [0.29, 0.717) is 17.6 Å². The largest absolute Gasteiger partial charge is 0.373 e. The molecule has 21 heavy (non-hydrogen) atoms. The highest BCUT2D eigenvalue weighted by atomic mass is 19.1. The molecule has 3 rings (SSSR count). The van der Waals surface area contributed by atoms with Crippen LogP contribution >= 0.6 is 0 Å². The predicted octanol–water partition coefficient (Wildman–Crippen LogP) is 4.43. The number of nitriles is 1. The fourth-order valence-corrected chi connectivity index (χ4v) is 4.38. The Morgan fingerprint density at radius 3 is 2.67 bits per heavy atom. The van der Waals surface area contributed by atoms with Gasteiger partial charge in [0.1, 0.15) is 5.82 Å². The number of rotatable bonds is 3. The quantitative estimate of drug-likeness (QED) is 0.824. The van der Waals surface area contributed by atoms with Gasteiger partial charge in [0.25, 0.3) is 0 Å². The lowest BCUT2D eigenvalue weighted by atomic mass is 9.70. The Bertz CT molecular complexity index is 604. The number of hydrogen-bond donors (Lipinski definition) is 0. The summed E-state index contributed by atoms with van der Waals surface area (Å²) in [6.45, 7) is 7.42. The van der Waals surface area contributed by atoms with Crippen molar-refractivity contribution in [1.29, 1.82) is 5.26 Å². The van der Waals surface area contributed by atoms with E-state index in [0.717, 1.165) is 17.9 Å². The van der Waals surface area contributed by atoms with E-state index in [1.165, 1.54) is 25.0 Å². The maximum absolute atomic E-state index is 13.5. The molecule has 2 nitrogen and oxygen atoms in total. The van der Waals surface area contributed by atoms with Crippen LogP contribution in [0.25, 0.3) is 0 Å². The second-order valence-electron chi connectivity index (χ2n) is 7.37. The van der Waals surface area contributed by atoms with Gasteiger partial charge in [-0.3, -0.25) is 0 Å². The molecule has 3 atom stereocenters. The molecule has 112 valence electrons. The summed E-state index contributed by atoms with van der Waals surface area (Å²) in [4.78, 5) is 0. The van der Waals surface area contributed by atoms with Crippen molar-refractivity contribution in [3.63, 3.8) is 0 Å². The number of benzene rings is 1. The van der Waals surface area contributed by atoms with Crippen molar-refractivity contribution in [3.8, 4) is 6.07 Å². The van der Waals surface area contributed by atoms with Crippen LogP contribution in [0.3, 0.4) is 0 Å². The molecule has 2 fully saturated rings. The van der Waals surface area contributed by atoms with Crippen molar-refractivity contribution in [2.24, 2.45) is 16.7 Å². The van der Waals surface area contributed by atoms with Gasteiger partial charge < -0.3 is 4.74 Å². The number of hydrogen-bond acceptors (Lipinski definition) is 2. The van der Waals surface area contributed by atoms with Gasteiger partial charge >= 0.3 is 0 Å². The summed E-state index contributed by atoms with van der Waals surface area (Å²) in [6.07, 6.45) is 3.84. The lowest BCUT2D eigenvalue weighted by molar-refractivity contribution is -0.0551. The van der Waals surface area contributed by atoms with Crippen molar-refractivity contribution in [3.05, 3.63) is 35.1 Å². The molecule has 3 heteroatoms. The number of fused-ring (bicyclic) bond motifs is 2. The van der Waals surface area contributed by atoms with Crippen molar-refractivity contribution in [1.82, 2.24) is 0 Å². The Hall–Kier alpha value is -1.40. The zero-order valence-electron chi connectivity index (χ0n) is 12.9. The third kappa shape index (κ3) is 2.17. The molecule has 2 aliphatic rings. The molecule has 1 aromatic rings. The fourth-order valence-electron chi connectivity index (χ4n) is 4.38. The van der Waals surface area contributed by atoms with Gasteiger partial charge in [0, 0.05) is 0 Å². The van der Waals surface area contributed by atoms with E-state index in [1.807, 2.05) is 6.07 Å². The van der Waals surface area contributed by atoms with Gasteiger partial charge in [-0.15, -0.1) is 0 Å². The molecule has 3 unspecified atom stereocenters. The monoisotopic (exact) mass is 287 g/mol. The van der Waals surface area contributed by atoms with Crippen LogP contribution in [0.5, 0.6) is 0 Å². The minimum Gasteiger partial charge on any atom is -0.373 e. The first-order valence-corrected chi connectivity index (χ1v) is 7.68. The molecule has 0 aliphatic heterocycles. The van der Waals surface area contributed by atoms with Crippen molar-refractivity contribution in [2.75, 3.05) is 0 Å². The van der Waals surface area contributed by atoms with Gasteiger partial charge in [0.2, 0.25) is 0 Å². The first kappa shape index (κ1) is 14.5. The summed E-state index contributed by atoms with van der Waals surface area (Å²) in [5.41, 5.74) is 1.63.